The van der Waals surface area contributed by atoms with Crippen molar-refractivity contribution in [1.82, 2.24) is 0 Å². The highest BCUT2D eigenvalue weighted by molar-refractivity contribution is 6.29. The summed E-state index contributed by atoms with van der Waals surface area (Å²) in [6.07, 6.45) is 1.67. The second kappa shape index (κ2) is 9.89. The van der Waals surface area contributed by atoms with E-state index in [2.05, 4.69) is 10.2 Å². The average molecular weight is 429 g/mol. The number of benzene rings is 3. The predicted molar refractivity (Wildman–Crippen MR) is 126 cm³/mol. The Hall–Kier alpha value is -3.97. The van der Waals surface area contributed by atoms with Crippen molar-refractivity contribution < 1.29 is 14.5 Å². The van der Waals surface area contributed by atoms with E-state index in [1.807, 2.05) is 54.6 Å². The minimum atomic E-state index is -0.449. The summed E-state index contributed by atoms with van der Waals surface area (Å²) in [7, 11) is 0. The van der Waals surface area contributed by atoms with Gasteiger partial charge in [-0.15, -0.1) is 0 Å². The quantitative estimate of drug-likeness (QED) is 0.268. The number of carbonyl (C=O) groups excluding carboxylic acids is 1. The van der Waals surface area contributed by atoms with Crippen molar-refractivity contribution in [2.75, 3.05) is 36.5 Å². The summed E-state index contributed by atoms with van der Waals surface area (Å²) in [6, 6.07) is 23.2. The molecule has 7 heteroatoms. The van der Waals surface area contributed by atoms with Crippen molar-refractivity contribution in [3.63, 3.8) is 0 Å². The number of carbonyl (C=O) groups is 1. The fourth-order valence-corrected chi connectivity index (χ4v) is 3.57. The van der Waals surface area contributed by atoms with Crippen LogP contribution in [0.15, 0.2) is 78.9 Å². The van der Waals surface area contributed by atoms with Gasteiger partial charge in [0.2, 0.25) is 0 Å². The molecule has 1 aliphatic heterocycles. The molecule has 3 aromatic rings. The normalized spacial score (nSPS) is 14.1. The van der Waals surface area contributed by atoms with E-state index >= 15 is 0 Å². The Morgan fingerprint density at radius 1 is 0.969 bits per heavy atom. The number of nitrogens with zero attached hydrogens (tertiary/aromatic N) is 2. The molecule has 1 aliphatic rings. The Kier molecular flexibility index (Phi) is 6.57. The highest BCUT2D eigenvalue weighted by atomic mass is 16.6. The van der Waals surface area contributed by atoms with Crippen LogP contribution in [-0.4, -0.2) is 37.1 Å². The smallest absolute Gasteiger partial charge is 0.270 e. The minimum Gasteiger partial charge on any atom is -0.378 e. The highest BCUT2D eigenvalue weighted by Gasteiger charge is 2.15. The maximum Gasteiger partial charge on any atom is 0.270 e. The summed E-state index contributed by atoms with van der Waals surface area (Å²) < 4.78 is 5.39. The van der Waals surface area contributed by atoms with Gasteiger partial charge >= 0.3 is 0 Å². The zero-order chi connectivity index (χ0) is 22.3. The minimum absolute atomic E-state index is 0.0229. The fourth-order valence-electron chi connectivity index (χ4n) is 3.57. The largest absolute Gasteiger partial charge is 0.378 e. The molecule has 0 aliphatic carbocycles. The number of amides is 1. The molecule has 0 aromatic heterocycles. The second-order valence-electron chi connectivity index (χ2n) is 7.38. The molecule has 1 amide bonds. The van der Waals surface area contributed by atoms with Gasteiger partial charge in [0.1, 0.15) is 0 Å². The summed E-state index contributed by atoms with van der Waals surface area (Å²) in [4.78, 5) is 26.1. The molecule has 0 atom stereocenters. The Bertz CT molecular complexity index is 1120. The number of nitro groups is 1. The van der Waals surface area contributed by atoms with Gasteiger partial charge in [0, 0.05) is 42.2 Å². The number of nitrogens with one attached hydrogen (secondary N) is 1. The van der Waals surface area contributed by atoms with E-state index < -0.39 is 4.92 Å². The lowest BCUT2D eigenvalue weighted by Crippen LogP contribution is -2.36. The van der Waals surface area contributed by atoms with Crippen molar-refractivity contribution in [2.45, 2.75) is 0 Å². The van der Waals surface area contributed by atoms with Crippen molar-refractivity contribution in [1.29, 1.82) is 0 Å². The van der Waals surface area contributed by atoms with E-state index in [0.29, 0.717) is 30.0 Å². The van der Waals surface area contributed by atoms with Gasteiger partial charge < -0.3 is 15.0 Å². The van der Waals surface area contributed by atoms with Gasteiger partial charge in [0.25, 0.3) is 11.6 Å². The van der Waals surface area contributed by atoms with Crippen molar-refractivity contribution in [3.8, 4) is 0 Å². The van der Waals surface area contributed by atoms with Crippen LogP contribution in [0.1, 0.15) is 11.1 Å². The standard InChI is InChI=1S/C25H23N3O4/c29-25(26-21-9-11-22(12-10-21)27-13-15-32-16-14-27)24(20-6-2-1-3-7-20)18-19-5-4-8-23(17-19)28(30)31/h1-12,17-18H,13-16H2,(H,26,29)/b24-18+. The molecule has 3 aromatic carbocycles. The number of hydrogen-bond acceptors (Lipinski definition) is 5. The molecule has 0 saturated carbocycles. The first kappa shape index (κ1) is 21.3. The van der Waals surface area contributed by atoms with E-state index in [9.17, 15) is 14.9 Å². The zero-order valence-corrected chi connectivity index (χ0v) is 17.4. The van der Waals surface area contributed by atoms with E-state index in [-0.39, 0.29) is 11.6 Å². The van der Waals surface area contributed by atoms with E-state index in [1.165, 1.54) is 12.1 Å². The Morgan fingerprint density at radius 3 is 2.38 bits per heavy atom. The van der Waals surface area contributed by atoms with Crippen LogP contribution in [0.5, 0.6) is 0 Å². The first-order valence-corrected chi connectivity index (χ1v) is 10.4. The van der Waals surface area contributed by atoms with Crippen molar-refractivity contribution >= 4 is 34.6 Å². The molecule has 4 rings (SSSR count). The van der Waals surface area contributed by atoms with Gasteiger partial charge in [0.15, 0.2) is 0 Å². The maximum absolute atomic E-state index is 13.2. The third-order valence-corrected chi connectivity index (χ3v) is 5.22. The van der Waals surface area contributed by atoms with Crippen LogP contribution in [0.3, 0.4) is 0 Å². The summed E-state index contributed by atoms with van der Waals surface area (Å²) in [6.45, 7) is 3.11. The first-order valence-electron chi connectivity index (χ1n) is 10.4. The molecule has 0 unspecified atom stereocenters. The predicted octanol–water partition coefficient (Wildman–Crippen LogP) is 4.61. The molecule has 1 heterocycles. The summed E-state index contributed by atoms with van der Waals surface area (Å²) in [5.41, 5.74) is 3.46. The molecule has 1 fully saturated rings. The van der Waals surface area contributed by atoms with E-state index in [4.69, 9.17) is 4.74 Å². The molecule has 1 N–H and O–H groups in total. The number of hydrogen-bond donors (Lipinski definition) is 1. The molecule has 7 nitrogen and oxygen atoms in total. The SMILES string of the molecule is O=C(Nc1ccc(N2CCOCC2)cc1)/C(=C/c1cccc([N+](=O)[O-])c1)c1ccccc1. The Balaban J connectivity index is 1.58. The van der Waals surface area contributed by atoms with Crippen LogP contribution in [-0.2, 0) is 9.53 Å². The monoisotopic (exact) mass is 429 g/mol. The van der Waals surface area contributed by atoms with E-state index in [1.54, 1.807) is 18.2 Å². The maximum atomic E-state index is 13.2. The Labute approximate surface area is 186 Å². The number of rotatable bonds is 6. The van der Waals surface area contributed by atoms with Crippen molar-refractivity contribution in [2.24, 2.45) is 0 Å². The summed E-state index contributed by atoms with van der Waals surface area (Å²) >= 11 is 0. The first-order chi connectivity index (χ1) is 15.6. The van der Waals surface area contributed by atoms with Crippen LogP contribution in [0.25, 0.3) is 11.6 Å². The molecular formula is C25H23N3O4. The number of morpholine rings is 1. The molecular weight excluding hydrogens is 406 g/mol. The fraction of sp³-hybridized carbons (Fsp3) is 0.160. The molecule has 0 bridgehead atoms. The van der Waals surface area contributed by atoms with E-state index in [0.717, 1.165) is 24.3 Å². The third-order valence-electron chi connectivity index (χ3n) is 5.22. The topological polar surface area (TPSA) is 84.7 Å². The third kappa shape index (κ3) is 5.19. The van der Waals surface area contributed by atoms with Gasteiger partial charge in [-0.1, -0.05) is 42.5 Å². The van der Waals surface area contributed by atoms with Crippen LogP contribution in [0.4, 0.5) is 17.1 Å². The molecule has 162 valence electrons. The van der Waals surface area contributed by atoms with Crippen LogP contribution in [0.2, 0.25) is 0 Å². The van der Waals surface area contributed by atoms with Gasteiger partial charge in [-0.3, -0.25) is 14.9 Å². The second-order valence-corrected chi connectivity index (χ2v) is 7.38. The molecule has 0 spiro atoms. The number of non-ortho nitro benzene ring substituents is 1. The lowest BCUT2D eigenvalue weighted by Gasteiger charge is -2.28. The van der Waals surface area contributed by atoms with Gasteiger partial charge in [0.05, 0.1) is 18.1 Å². The lowest BCUT2D eigenvalue weighted by atomic mass is 10.0. The van der Waals surface area contributed by atoms with Crippen LogP contribution >= 0.6 is 0 Å². The van der Waals surface area contributed by atoms with Crippen molar-refractivity contribution in [3.05, 3.63) is 100 Å². The lowest BCUT2D eigenvalue weighted by molar-refractivity contribution is -0.384. The van der Waals surface area contributed by atoms with Gasteiger partial charge in [-0.2, -0.15) is 0 Å². The van der Waals surface area contributed by atoms with Crippen LogP contribution < -0.4 is 10.2 Å². The molecule has 32 heavy (non-hydrogen) atoms. The van der Waals surface area contributed by atoms with Gasteiger partial charge in [-0.05, 0) is 41.5 Å². The highest BCUT2D eigenvalue weighted by Crippen LogP contribution is 2.24. The molecule has 0 radical (unpaired) electrons. The van der Waals surface area contributed by atoms with Gasteiger partial charge in [-0.25, -0.2) is 0 Å². The number of nitro benzene ring substituents is 1. The summed E-state index contributed by atoms with van der Waals surface area (Å²) in [5, 5.41) is 14.1. The average Bonchev–Trinajstić information content (AvgIpc) is 2.84. The number of anilines is 2. The Morgan fingerprint density at radius 2 is 1.69 bits per heavy atom. The summed E-state index contributed by atoms with van der Waals surface area (Å²) in [5.74, 6) is -0.290. The zero-order valence-electron chi connectivity index (χ0n) is 17.4. The number of ether oxygens (including phenoxy) is 1. The molecule has 1 saturated heterocycles. The van der Waals surface area contributed by atoms with Crippen LogP contribution in [0, 0.1) is 10.1 Å².